The minimum Gasteiger partial charge on any atom is -0.371 e. The van der Waals surface area contributed by atoms with Crippen LogP contribution in [0.5, 0.6) is 0 Å². The summed E-state index contributed by atoms with van der Waals surface area (Å²) in [6.45, 7) is -0.965. The molecule has 0 N–H and O–H groups in total. The van der Waals surface area contributed by atoms with Gasteiger partial charge in [0.25, 0.3) is 5.92 Å². The quantitative estimate of drug-likeness (QED) is 0.425. The van der Waals surface area contributed by atoms with E-state index in [2.05, 4.69) is 15.1 Å². The van der Waals surface area contributed by atoms with E-state index in [0.29, 0.717) is 0 Å². The second-order valence-corrected chi connectivity index (χ2v) is 4.69. The predicted octanol–water partition coefficient (Wildman–Crippen LogP) is 3.41. The van der Waals surface area contributed by atoms with Crippen LogP contribution in [0, 0.1) is 0 Å². The maximum absolute atomic E-state index is 14.1. The molecule has 1 aromatic carbocycles. The Hall–Kier alpha value is -2.44. The topological polar surface area (TPSA) is 75.8 Å². The molecule has 1 atom stereocenters. The molecule has 22 heavy (non-hydrogen) atoms. The summed E-state index contributed by atoms with van der Waals surface area (Å²) in [7, 11) is 0. The number of alkyl halides is 2. The smallest absolute Gasteiger partial charge is 0.281 e. The number of rotatable bonds is 8. The lowest BCUT2D eigenvalue weighted by atomic mass is 10.1. The van der Waals surface area contributed by atoms with Crippen LogP contribution in [0.2, 0.25) is 0 Å². The first-order valence-electron chi connectivity index (χ1n) is 6.63. The van der Waals surface area contributed by atoms with Gasteiger partial charge in [-0.2, -0.15) is 5.10 Å². The number of azide groups is 1. The monoisotopic (exact) mass is 307 g/mol. The van der Waals surface area contributed by atoms with Crippen LogP contribution in [0.4, 0.5) is 8.78 Å². The van der Waals surface area contributed by atoms with Gasteiger partial charge in [-0.25, -0.2) is 8.78 Å². The summed E-state index contributed by atoms with van der Waals surface area (Å²) in [6, 6.07) is 9.05. The van der Waals surface area contributed by atoms with Gasteiger partial charge >= 0.3 is 0 Å². The van der Waals surface area contributed by atoms with Crippen LogP contribution in [-0.4, -0.2) is 28.4 Å². The first kappa shape index (κ1) is 15.9. The van der Waals surface area contributed by atoms with Crippen molar-refractivity contribution in [3.63, 3.8) is 0 Å². The number of hydrogen-bond acceptors (Lipinski definition) is 3. The summed E-state index contributed by atoms with van der Waals surface area (Å²) >= 11 is 0. The molecule has 1 heterocycles. The molecule has 0 bridgehead atoms. The van der Waals surface area contributed by atoms with E-state index in [4.69, 9.17) is 10.3 Å². The van der Waals surface area contributed by atoms with Crippen molar-refractivity contribution < 1.29 is 13.5 Å². The highest BCUT2D eigenvalue weighted by molar-refractivity contribution is 5.13. The lowest BCUT2D eigenvalue weighted by Gasteiger charge is -2.23. The zero-order valence-corrected chi connectivity index (χ0v) is 11.7. The van der Waals surface area contributed by atoms with Crippen LogP contribution in [0.25, 0.3) is 10.4 Å². The minimum absolute atomic E-state index is 0.0706. The van der Waals surface area contributed by atoms with Crippen molar-refractivity contribution in [1.29, 1.82) is 0 Å². The SMILES string of the molecule is [N-]=[N+]=N[C@H](Cn1cccn1)C(F)(F)COCc1ccccc1. The number of halogens is 2. The molecule has 0 amide bonds. The van der Waals surface area contributed by atoms with E-state index in [9.17, 15) is 8.78 Å². The average molecular weight is 307 g/mol. The zero-order chi connectivity index (χ0) is 15.8. The molecule has 0 saturated carbocycles. The van der Waals surface area contributed by atoms with Crippen molar-refractivity contribution in [2.45, 2.75) is 25.1 Å². The normalized spacial score (nSPS) is 12.6. The highest BCUT2D eigenvalue weighted by Crippen LogP contribution is 2.24. The van der Waals surface area contributed by atoms with Crippen molar-refractivity contribution in [3.8, 4) is 0 Å². The molecule has 0 saturated heterocycles. The van der Waals surface area contributed by atoms with Crippen LogP contribution in [-0.2, 0) is 17.9 Å². The van der Waals surface area contributed by atoms with Crippen molar-refractivity contribution in [1.82, 2.24) is 9.78 Å². The fraction of sp³-hybridized carbons (Fsp3) is 0.357. The Morgan fingerprint density at radius 1 is 1.32 bits per heavy atom. The van der Waals surface area contributed by atoms with Crippen molar-refractivity contribution in [3.05, 3.63) is 64.8 Å². The molecule has 2 rings (SSSR count). The third kappa shape index (κ3) is 4.54. The number of nitrogens with zero attached hydrogens (tertiary/aromatic N) is 5. The second-order valence-electron chi connectivity index (χ2n) is 4.69. The number of aromatic nitrogens is 2. The molecule has 0 fully saturated rings. The number of ether oxygens (including phenoxy) is 1. The number of benzene rings is 1. The Labute approximate surface area is 125 Å². The largest absolute Gasteiger partial charge is 0.371 e. The maximum atomic E-state index is 14.1. The summed E-state index contributed by atoms with van der Waals surface area (Å²) < 4.78 is 34.6. The first-order valence-corrected chi connectivity index (χ1v) is 6.63. The fourth-order valence-electron chi connectivity index (χ4n) is 1.88. The molecule has 0 unspecified atom stereocenters. The van der Waals surface area contributed by atoms with Crippen LogP contribution >= 0.6 is 0 Å². The van der Waals surface area contributed by atoms with Gasteiger partial charge in [0.05, 0.1) is 13.2 Å². The standard InChI is InChI=1S/C14H15F2N5O/c15-14(16,11-22-10-12-5-2-1-3-6-12)13(19-20-17)9-21-8-4-7-18-21/h1-8,13H,9-11H2/t13-/m1/s1. The van der Waals surface area contributed by atoms with Crippen LogP contribution in [0.15, 0.2) is 53.9 Å². The van der Waals surface area contributed by atoms with Crippen molar-refractivity contribution in [2.75, 3.05) is 6.61 Å². The van der Waals surface area contributed by atoms with E-state index in [1.807, 2.05) is 6.07 Å². The maximum Gasteiger partial charge on any atom is 0.281 e. The summed E-state index contributed by atoms with van der Waals surface area (Å²) in [5.41, 5.74) is 9.28. The zero-order valence-electron chi connectivity index (χ0n) is 11.7. The average Bonchev–Trinajstić information content (AvgIpc) is 3.01. The van der Waals surface area contributed by atoms with Crippen molar-refractivity contribution in [2.24, 2.45) is 5.11 Å². The lowest BCUT2D eigenvalue weighted by Crippen LogP contribution is -2.39. The van der Waals surface area contributed by atoms with Gasteiger partial charge in [0.15, 0.2) is 0 Å². The lowest BCUT2D eigenvalue weighted by molar-refractivity contribution is -0.101. The molecule has 116 valence electrons. The third-order valence-electron chi connectivity index (χ3n) is 3.00. The molecule has 0 aliphatic heterocycles. The Morgan fingerprint density at radius 3 is 2.73 bits per heavy atom. The summed E-state index contributed by atoms with van der Waals surface area (Å²) in [6.07, 6.45) is 3.00. The minimum atomic E-state index is -3.28. The van der Waals surface area contributed by atoms with Gasteiger partial charge < -0.3 is 4.74 Å². The second kappa shape index (κ2) is 7.53. The summed E-state index contributed by atoms with van der Waals surface area (Å²) in [5.74, 6) is -3.28. The molecule has 0 aliphatic carbocycles. The molecule has 2 aromatic rings. The summed E-state index contributed by atoms with van der Waals surface area (Å²) in [5, 5.41) is 7.02. The molecular weight excluding hydrogens is 292 g/mol. The Morgan fingerprint density at radius 2 is 2.09 bits per heavy atom. The fourth-order valence-corrected chi connectivity index (χ4v) is 1.88. The van der Waals surface area contributed by atoms with Crippen LogP contribution in [0.1, 0.15) is 5.56 Å². The van der Waals surface area contributed by atoms with Gasteiger partial charge in [-0.05, 0) is 17.2 Å². The Kier molecular flexibility index (Phi) is 5.46. The third-order valence-corrected chi connectivity index (χ3v) is 3.00. The highest BCUT2D eigenvalue weighted by Gasteiger charge is 2.39. The first-order chi connectivity index (χ1) is 10.6. The van der Waals surface area contributed by atoms with Gasteiger partial charge in [0.2, 0.25) is 0 Å². The van der Waals surface area contributed by atoms with Gasteiger partial charge in [0, 0.05) is 17.3 Å². The molecule has 0 radical (unpaired) electrons. The molecule has 0 aliphatic rings. The van der Waals surface area contributed by atoms with E-state index in [0.717, 1.165) is 5.56 Å². The number of hydrogen-bond donors (Lipinski definition) is 0. The molecule has 8 heteroatoms. The Balaban J connectivity index is 1.94. The molecular formula is C14H15F2N5O. The van der Waals surface area contributed by atoms with E-state index in [1.54, 1.807) is 30.3 Å². The summed E-state index contributed by atoms with van der Waals surface area (Å²) in [4.78, 5) is 2.50. The van der Waals surface area contributed by atoms with E-state index in [1.165, 1.54) is 17.1 Å². The Bertz CT molecular complexity index is 611. The van der Waals surface area contributed by atoms with Gasteiger partial charge in [-0.1, -0.05) is 35.4 Å². The van der Waals surface area contributed by atoms with Crippen molar-refractivity contribution >= 4 is 0 Å². The van der Waals surface area contributed by atoms with E-state index < -0.39 is 18.6 Å². The van der Waals surface area contributed by atoms with Gasteiger partial charge in [-0.15, -0.1) is 0 Å². The molecule has 6 nitrogen and oxygen atoms in total. The predicted molar refractivity (Wildman–Crippen MR) is 76.2 cm³/mol. The van der Waals surface area contributed by atoms with Gasteiger partial charge in [-0.3, -0.25) is 4.68 Å². The van der Waals surface area contributed by atoms with Crippen LogP contribution in [0.3, 0.4) is 0 Å². The van der Waals surface area contributed by atoms with Crippen LogP contribution < -0.4 is 0 Å². The molecule has 0 spiro atoms. The highest BCUT2D eigenvalue weighted by atomic mass is 19.3. The molecule has 1 aromatic heterocycles. The van der Waals surface area contributed by atoms with E-state index >= 15 is 0 Å². The van der Waals surface area contributed by atoms with E-state index in [-0.39, 0.29) is 13.2 Å². The van der Waals surface area contributed by atoms with Gasteiger partial charge in [0.1, 0.15) is 12.6 Å².